The molecule has 0 amide bonds. The Morgan fingerprint density at radius 3 is 2.32 bits per heavy atom. The predicted molar refractivity (Wildman–Crippen MR) is 76.1 cm³/mol. The number of hydrogen-bond donors (Lipinski definition) is 5. The molecule has 0 saturated carbocycles. The highest BCUT2D eigenvalue weighted by Crippen LogP contribution is 2.22. The Morgan fingerprint density at radius 1 is 1.00 bits per heavy atom. The molecule has 0 bridgehead atoms. The number of aryl methyl sites for hydroxylation is 1. The van der Waals surface area contributed by atoms with E-state index in [4.69, 9.17) is 14.6 Å². The Labute approximate surface area is 128 Å². The van der Waals surface area contributed by atoms with Gasteiger partial charge in [0.05, 0.1) is 13.2 Å². The molecule has 0 spiro atoms. The monoisotopic (exact) mass is 314 g/mol. The van der Waals surface area contributed by atoms with E-state index in [9.17, 15) is 20.4 Å². The fourth-order valence-corrected chi connectivity index (χ4v) is 2.34. The third-order valence-corrected chi connectivity index (χ3v) is 3.68. The van der Waals surface area contributed by atoms with Crippen LogP contribution in [-0.4, -0.2) is 69.5 Å². The van der Waals surface area contributed by atoms with Gasteiger partial charge in [-0.05, 0) is 30.5 Å². The number of rotatable bonds is 6. The Bertz CT molecular complexity index is 448. The maximum absolute atomic E-state index is 9.80. The lowest BCUT2D eigenvalue weighted by atomic mass is 9.99. The standard InChI is InChI=1S/C15H22O7/c16-8-11-12(18)13(19)14(20)15(22-11)21-7-1-2-9-3-5-10(17)6-4-9/h3-6,11-20H,1-2,7-8H2/t11-,12-,13+,14-,15+/m1/s1. The molecular formula is C15H22O7. The lowest BCUT2D eigenvalue weighted by Gasteiger charge is -2.39. The zero-order valence-electron chi connectivity index (χ0n) is 12.1. The van der Waals surface area contributed by atoms with Gasteiger partial charge in [-0.15, -0.1) is 0 Å². The zero-order valence-corrected chi connectivity index (χ0v) is 12.1. The van der Waals surface area contributed by atoms with Gasteiger partial charge in [-0.25, -0.2) is 0 Å². The van der Waals surface area contributed by atoms with Crippen LogP contribution in [0.2, 0.25) is 0 Å². The van der Waals surface area contributed by atoms with Crippen molar-refractivity contribution in [2.24, 2.45) is 0 Å². The summed E-state index contributed by atoms with van der Waals surface area (Å²) in [5.41, 5.74) is 1.04. The van der Waals surface area contributed by atoms with Crippen LogP contribution in [0.25, 0.3) is 0 Å². The largest absolute Gasteiger partial charge is 0.508 e. The first-order valence-corrected chi connectivity index (χ1v) is 7.23. The maximum atomic E-state index is 9.80. The van der Waals surface area contributed by atoms with Crippen LogP contribution in [0, 0.1) is 0 Å². The molecule has 1 aromatic carbocycles. The number of aliphatic hydroxyl groups is 4. The lowest BCUT2D eigenvalue weighted by molar-refractivity contribution is -0.301. The molecule has 2 rings (SSSR count). The first kappa shape index (κ1) is 17.1. The smallest absolute Gasteiger partial charge is 0.186 e. The van der Waals surface area contributed by atoms with Crippen molar-refractivity contribution in [1.29, 1.82) is 0 Å². The molecule has 0 radical (unpaired) electrons. The number of hydrogen-bond acceptors (Lipinski definition) is 7. The van der Waals surface area contributed by atoms with Gasteiger partial charge in [0, 0.05) is 0 Å². The van der Waals surface area contributed by atoms with Crippen LogP contribution in [0.4, 0.5) is 0 Å². The molecule has 5 atom stereocenters. The minimum absolute atomic E-state index is 0.210. The number of aliphatic hydroxyl groups excluding tert-OH is 4. The summed E-state index contributed by atoms with van der Waals surface area (Å²) in [7, 11) is 0. The van der Waals surface area contributed by atoms with E-state index in [1.54, 1.807) is 12.1 Å². The molecule has 1 fully saturated rings. The van der Waals surface area contributed by atoms with Crippen LogP contribution in [0.3, 0.4) is 0 Å². The number of phenolic OH excluding ortho intramolecular Hbond substituents is 1. The molecule has 0 aliphatic carbocycles. The third kappa shape index (κ3) is 4.16. The van der Waals surface area contributed by atoms with Gasteiger partial charge in [0.15, 0.2) is 6.29 Å². The molecule has 1 aliphatic heterocycles. The molecule has 1 aliphatic rings. The van der Waals surface area contributed by atoms with Crippen molar-refractivity contribution in [2.45, 2.75) is 43.5 Å². The first-order valence-electron chi connectivity index (χ1n) is 7.23. The van der Waals surface area contributed by atoms with E-state index >= 15 is 0 Å². The minimum atomic E-state index is -1.42. The van der Waals surface area contributed by atoms with Gasteiger partial charge in [-0.1, -0.05) is 12.1 Å². The van der Waals surface area contributed by atoms with E-state index in [-0.39, 0.29) is 12.4 Å². The summed E-state index contributed by atoms with van der Waals surface area (Å²) in [6.07, 6.45) is -4.84. The zero-order chi connectivity index (χ0) is 16.1. The summed E-state index contributed by atoms with van der Waals surface area (Å²) in [5.74, 6) is 0.210. The highest BCUT2D eigenvalue weighted by atomic mass is 16.7. The van der Waals surface area contributed by atoms with Crippen molar-refractivity contribution in [3.63, 3.8) is 0 Å². The fraction of sp³-hybridized carbons (Fsp3) is 0.600. The Hall–Kier alpha value is -1.22. The number of ether oxygens (including phenoxy) is 2. The molecule has 0 aromatic heterocycles. The van der Waals surface area contributed by atoms with E-state index in [0.29, 0.717) is 6.42 Å². The summed E-state index contributed by atoms with van der Waals surface area (Å²) in [5, 5.41) is 47.3. The Kier molecular flexibility index (Phi) is 6.13. The topological polar surface area (TPSA) is 120 Å². The highest BCUT2D eigenvalue weighted by Gasteiger charge is 2.43. The van der Waals surface area contributed by atoms with Crippen molar-refractivity contribution in [2.75, 3.05) is 13.2 Å². The SMILES string of the molecule is OC[C@H]1O[C@H](OCCCc2ccc(O)cc2)[C@H](O)[C@@H](O)[C@@H]1O. The van der Waals surface area contributed by atoms with Crippen LogP contribution < -0.4 is 0 Å². The summed E-state index contributed by atoms with van der Waals surface area (Å²) in [6, 6.07) is 6.83. The molecule has 5 N–H and O–H groups in total. The van der Waals surface area contributed by atoms with E-state index in [0.717, 1.165) is 12.0 Å². The molecule has 7 heteroatoms. The second kappa shape index (κ2) is 7.87. The lowest BCUT2D eigenvalue weighted by Crippen LogP contribution is -2.59. The molecule has 1 aromatic rings. The van der Waals surface area contributed by atoms with Gasteiger partial charge in [0.1, 0.15) is 30.2 Å². The normalized spacial score (nSPS) is 32.1. The van der Waals surface area contributed by atoms with Crippen molar-refractivity contribution in [1.82, 2.24) is 0 Å². The molecule has 1 heterocycles. The number of benzene rings is 1. The first-order chi connectivity index (χ1) is 10.5. The molecule has 7 nitrogen and oxygen atoms in total. The predicted octanol–water partition coefficient (Wildman–Crippen LogP) is -0.859. The van der Waals surface area contributed by atoms with Gasteiger partial charge in [-0.3, -0.25) is 0 Å². The third-order valence-electron chi connectivity index (χ3n) is 3.68. The molecule has 22 heavy (non-hydrogen) atoms. The minimum Gasteiger partial charge on any atom is -0.508 e. The summed E-state index contributed by atoms with van der Waals surface area (Å²) in [4.78, 5) is 0. The van der Waals surface area contributed by atoms with Gasteiger partial charge >= 0.3 is 0 Å². The van der Waals surface area contributed by atoms with E-state index in [2.05, 4.69) is 0 Å². The molecule has 0 unspecified atom stereocenters. The highest BCUT2D eigenvalue weighted by molar-refractivity contribution is 5.25. The van der Waals surface area contributed by atoms with E-state index in [1.165, 1.54) is 0 Å². The fourth-order valence-electron chi connectivity index (χ4n) is 2.34. The van der Waals surface area contributed by atoms with Crippen molar-refractivity contribution in [3.05, 3.63) is 29.8 Å². The van der Waals surface area contributed by atoms with E-state index in [1.807, 2.05) is 12.1 Å². The molecule has 124 valence electrons. The molecular weight excluding hydrogens is 292 g/mol. The van der Waals surface area contributed by atoms with E-state index < -0.39 is 37.3 Å². The van der Waals surface area contributed by atoms with Crippen LogP contribution in [0.5, 0.6) is 5.75 Å². The summed E-state index contributed by atoms with van der Waals surface area (Å²) >= 11 is 0. The number of aromatic hydroxyl groups is 1. The average molecular weight is 314 g/mol. The molecule has 1 saturated heterocycles. The quantitative estimate of drug-likeness (QED) is 0.433. The second-order valence-corrected chi connectivity index (χ2v) is 5.34. The second-order valence-electron chi connectivity index (χ2n) is 5.34. The van der Waals surface area contributed by atoms with Crippen LogP contribution >= 0.6 is 0 Å². The van der Waals surface area contributed by atoms with Crippen LogP contribution in [-0.2, 0) is 15.9 Å². The Morgan fingerprint density at radius 2 is 1.68 bits per heavy atom. The average Bonchev–Trinajstić information content (AvgIpc) is 2.53. The van der Waals surface area contributed by atoms with Gasteiger partial charge < -0.3 is 35.0 Å². The summed E-state index contributed by atoms with van der Waals surface area (Å²) < 4.78 is 10.6. The van der Waals surface area contributed by atoms with Crippen LogP contribution in [0.15, 0.2) is 24.3 Å². The Balaban J connectivity index is 1.77. The number of phenols is 1. The van der Waals surface area contributed by atoms with Crippen molar-refractivity contribution >= 4 is 0 Å². The van der Waals surface area contributed by atoms with Gasteiger partial charge in [0.2, 0.25) is 0 Å². The van der Waals surface area contributed by atoms with Gasteiger partial charge in [0.25, 0.3) is 0 Å². The summed E-state index contributed by atoms with van der Waals surface area (Å²) in [6.45, 7) is -0.193. The van der Waals surface area contributed by atoms with Crippen molar-refractivity contribution < 1.29 is 35.0 Å². The van der Waals surface area contributed by atoms with Gasteiger partial charge in [-0.2, -0.15) is 0 Å². The van der Waals surface area contributed by atoms with Crippen LogP contribution in [0.1, 0.15) is 12.0 Å². The van der Waals surface area contributed by atoms with Crippen molar-refractivity contribution in [3.8, 4) is 5.75 Å². The maximum Gasteiger partial charge on any atom is 0.186 e.